The molecule has 9 nitrogen and oxygen atoms in total. The summed E-state index contributed by atoms with van der Waals surface area (Å²) in [5.41, 5.74) is 1.41. The lowest BCUT2D eigenvalue weighted by Crippen LogP contribution is -2.58. The normalized spacial score (nSPS) is 30.0. The van der Waals surface area contributed by atoms with Gasteiger partial charge in [-0.3, -0.25) is 14.4 Å². The van der Waals surface area contributed by atoms with Crippen molar-refractivity contribution in [1.82, 2.24) is 4.90 Å². The predicted octanol–water partition coefficient (Wildman–Crippen LogP) is 4.69. The molecule has 46 heavy (non-hydrogen) atoms. The maximum atomic E-state index is 14.9. The van der Waals surface area contributed by atoms with Crippen LogP contribution in [0.1, 0.15) is 34.1 Å². The molecular formula is C36H43N3O6S. The Morgan fingerprint density at radius 2 is 1.46 bits per heavy atom. The Kier molecular flexibility index (Phi) is 8.71. The van der Waals surface area contributed by atoms with Crippen molar-refractivity contribution >= 4 is 40.9 Å². The van der Waals surface area contributed by atoms with Crippen molar-refractivity contribution in [2.45, 2.75) is 55.7 Å². The Bertz CT molecular complexity index is 1540. The van der Waals surface area contributed by atoms with E-state index >= 15 is 0 Å². The van der Waals surface area contributed by atoms with Gasteiger partial charge in [-0.1, -0.05) is 44.6 Å². The third-order valence-electron chi connectivity index (χ3n) is 10.2. The number of fused-ring (bicyclic) bond motifs is 2. The van der Waals surface area contributed by atoms with E-state index in [1.54, 1.807) is 33.6 Å². The first-order valence-corrected chi connectivity index (χ1v) is 16.9. The van der Waals surface area contributed by atoms with E-state index < -0.39 is 33.4 Å². The summed E-state index contributed by atoms with van der Waals surface area (Å²) in [4.78, 5) is 49.6. The highest BCUT2D eigenvalue weighted by Gasteiger charge is 2.74. The van der Waals surface area contributed by atoms with Crippen molar-refractivity contribution in [3.8, 4) is 11.5 Å². The summed E-state index contributed by atoms with van der Waals surface area (Å²) in [7, 11) is 1.59. The van der Waals surface area contributed by atoms with Crippen LogP contribution in [0.4, 0.5) is 11.4 Å². The molecular weight excluding hydrogens is 602 g/mol. The van der Waals surface area contributed by atoms with Crippen LogP contribution in [-0.2, 0) is 14.4 Å². The predicted molar refractivity (Wildman–Crippen MR) is 180 cm³/mol. The lowest BCUT2D eigenvalue weighted by molar-refractivity contribution is -0.143. The number of likely N-dealkylation sites (tertiary alicyclic amines) is 1. The molecule has 0 aromatic heterocycles. The topological polar surface area (TPSA) is 99.6 Å². The Labute approximate surface area is 275 Å². The minimum Gasteiger partial charge on any atom is -0.497 e. The van der Waals surface area contributed by atoms with Crippen LogP contribution in [0.2, 0.25) is 0 Å². The molecule has 2 aromatic rings. The SMILES string of the molecule is CCOc1ccc(N2CC=C[C@@]3(C)S[C@]45C=CCN(c6ccc(OC)cc6)C(=O)C4N([C@@H](CO)[C@@H](C)CC)C(=O)[C@@H]5[C@H]3C2=O)cc1. The molecule has 1 spiro atoms. The van der Waals surface area contributed by atoms with E-state index in [0.717, 1.165) is 11.4 Å². The van der Waals surface area contributed by atoms with Gasteiger partial charge < -0.3 is 29.3 Å². The molecule has 10 heteroatoms. The number of nitrogens with zero attached hydrogens (tertiary/aromatic N) is 3. The standard InChI is InChI=1S/C36H43N3O6S/c1-6-23(3)28(22-40)39-31-34(43)38(25-10-14-26(44-5)15-11-25)21-9-19-36(31)30(33(39)42)29-32(41)37(20-8-18-35(29,4)46-36)24-12-16-27(17-13-24)45-7-2/h8-19,23,28-31,40H,6-7,20-22H2,1-5H3/t23-,28-,29-,30-,31?,35+,36-/m0/s1. The van der Waals surface area contributed by atoms with Gasteiger partial charge in [0.15, 0.2) is 0 Å². The maximum Gasteiger partial charge on any atom is 0.251 e. The number of amides is 3. The summed E-state index contributed by atoms with van der Waals surface area (Å²) >= 11 is 1.54. The Balaban J connectivity index is 1.46. The molecule has 244 valence electrons. The van der Waals surface area contributed by atoms with Crippen molar-refractivity contribution in [3.63, 3.8) is 0 Å². The number of aliphatic hydroxyl groups is 1. The number of benzene rings is 2. The van der Waals surface area contributed by atoms with Crippen LogP contribution < -0.4 is 19.3 Å². The van der Waals surface area contributed by atoms with Gasteiger partial charge in [0.05, 0.1) is 42.9 Å². The summed E-state index contributed by atoms with van der Waals surface area (Å²) in [6, 6.07) is 13.3. The zero-order chi connectivity index (χ0) is 32.8. The molecule has 4 heterocycles. The number of anilines is 2. The van der Waals surface area contributed by atoms with Gasteiger partial charge in [-0.2, -0.15) is 0 Å². The fraction of sp³-hybridized carbons (Fsp3) is 0.472. The average Bonchev–Trinajstić information content (AvgIpc) is 3.33. The van der Waals surface area contributed by atoms with Gasteiger partial charge in [-0.15, -0.1) is 11.8 Å². The minimum atomic E-state index is -1.02. The molecule has 2 fully saturated rings. The maximum absolute atomic E-state index is 14.9. The molecule has 0 radical (unpaired) electrons. The van der Waals surface area contributed by atoms with Crippen LogP contribution in [0.3, 0.4) is 0 Å². The van der Waals surface area contributed by atoms with Gasteiger partial charge in [0.2, 0.25) is 11.8 Å². The van der Waals surface area contributed by atoms with Crippen LogP contribution in [0.25, 0.3) is 0 Å². The largest absolute Gasteiger partial charge is 0.497 e. The monoisotopic (exact) mass is 645 g/mol. The summed E-state index contributed by atoms with van der Waals surface area (Å²) in [6.07, 6.45) is 8.74. The zero-order valence-electron chi connectivity index (χ0n) is 27.1. The molecule has 2 aromatic carbocycles. The first-order chi connectivity index (χ1) is 22.1. The van der Waals surface area contributed by atoms with Crippen molar-refractivity contribution in [2.75, 3.05) is 43.2 Å². The van der Waals surface area contributed by atoms with Crippen LogP contribution >= 0.6 is 11.8 Å². The summed E-state index contributed by atoms with van der Waals surface area (Å²) in [5, 5.41) is 10.7. The summed E-state index contributed by atoms with van der Waals surface area (Å²) in [6.45, 7) is 8.90. The number of methoxy groups -OCH3 is 1. The van der Waals surface area contributed by atoms with E-state index in [0.29, 0.717) is 37.6 Å². The molecule has 2 saturated heterocycles. The van der Waals surface area contributed by atoms with Gasteiger partial charge in [-0.25, -0.2) is 0 Å². The van der Waals surface area contributed by atoms with Crippen LogP contribution in [0.15, 0.2) is 72.8 Å². The fourth-order valence-corrected chi connectivity index (χ4v) is 9.89. The van der Waals surface area contributed by atoms with Gasteiger partial charge in [0.1, 0.15) is 17.5 Å². The van der Waals surface area contributed by atoms with Crippen molar-refractivity contribution in [2.24, 2.45) is 17.8 Å². The highest BCUT2D eigenvalue weighted by atomic mass is 32.2. The zero-order valence-corrected chi connectivity index (χ0v) is 27.9. The third-order valence-corrected chi connectivity index (χ3v) is 12.0. The van der Waals surface area contributed by atoms with Gasteiger partial charge in [0.25, 0.3) is 5.91 Å². The summed E-state index contributed by atoms with van der Waals surface area (Å²) < 4.78 is 9.20. The second-order valence-corrected chi connectivity index (χ2v) is 14.5. The van der Waals surface area contributed by atoms with Gasteiger partial charge >= 0.3 is 0 Å². The van der Waals surface area contributed by atoms with E-state index in [-0.39, 0.29) is 30.2 Å². The molecule has 1 unspecified atom stereocenters. The molecule has 3 amide bonds. The highest BCUT2D eigenvalue weighted by molar-refractivity contribution is 8.02. The van der Waals surface area contributed by atoms with Crippen LogP contribution in [0.5, 0.6) is 11.5 Å². The number of hydrogen-bond acceptors (Lipinski definition) is 7. The molecule has 6 rings (SSSR count). The smallest absolute Gasteiger partial charge is 0.251 e. The Hall–Kier alpha value is -3.76. The second kappa shape index (κ2) is 12.4. The van der Waals surface area contributed by atoms with Gasteiger partial charge in [0, 0.05) is 29.2 Å². The lowest BCUT2D eigenvalue weighted by Gasteiger charge is -2.41. The van der Waals surface area contributed by atoms with Crippen molar-refractivity contribution < 1.29 is 29.0 Å². The molecule has 0 bridgehead atoms. The number of hydrogen-bond donors (Lipinski definition) is 1. The first kappa shape index (κ1) is 32.2. The van der Waals surface area contributed by atoms with Crippen LogP contribution in [-0.4, -0.2) is 82.7 Å². The minimum absolute atomic E-state index is 0.0687. The number of thioether (sulfide) groups is 1. The Morgan fingerprint density at radius 3 is 2.02 bits per heavy atom. The molecule has 0 saturated carbocycles. The fourth-order valence-electron chi connectivity index (χ4n) is 7.75. The number of ether oxygens (including phenoxy) is 2. The molecule has 1 N–H and O–H groups in total. The molecule has 4 aliphatic heterocycles. The number of carbonyl (C=O) groups is 3. The third kappa shape index (κ3) is 5.01. The van der Waals surface area contributed by atoms with Gasteiger partial charge in [-0.05, 0) is 68.3 Å². The van der Waals surface area contributed by atoms with Crippen molar-refractivity contribution in [1.29, 1.82) is 0 Å². The highest BCUT2D eigenvalue weighted by Crippen LogP contribution is 2.66. The molecule has 4 aliphatic rings. The van der Waals surface area contributed by atoms with E-state index in [1.807, 2.05) is 94.5 Å². The second-order valence-electron chi connectivity index (χ2n) is 12.7. The van der Waals surface area contributed by atoms with E-state index in [4.69, 9.17) is 9.47 Å². The van der Waals surface area contributed by atoms with E-state index in [1.165, 1.54) is 0 Å². The van der Waals surface area contributed by atoms with E-state index in [2.05, 4.69) is 6.08 Å². The Morgan fingerprint density at radius 1 is 0.870 bits per heavy atom. The number of rotatable bonds is 9. The van der Waals surface area contributed by atoms with E-state index in [9.17, 15) is 19.5 Å². The number of carbonyl (C=O) groups excluding carboxylic acids is 3. The molecule has 0 aliphatic carbocycles. The van der Waals surface area contributed by atoms with Crippen LogP contribution in [0, 0.1) is 17.8 Å². The first-order valence-electron chi connectivity index (χ1n) is 16.1. The lowest BCUT2D eigenvalue weighted by atomic mass is 9.74. The van der Waals surface area contributed by atoms with Crippen molar-refractivity contribution in [3.05, 3.63) is 72.8 Å². The number of aliphatic hydroxyl groups excluding tert-OH is 1. The quantitative estimate of drug-likeness (QED) is 0.395. The summed E-state index contributed by atoms with van der Waals surface area (Å²) in [5.74, 6) is -0.837. The molecule has 7 atom stereocenters. The average molecular weight is 646 g/mol.